The SMILES string of the molecule is CC/C=C\C/C=C\C/C=C\C/C=C\C/C=C\C/C=C\C/C=C\CCCC(=O)OCC(COC(=O)CCCCCCC/C=C\C/C=C\CCC)OC(=O)CCCCCC/C=C\C/C=C\C/C=C\C/C=C\CC. The molecule has 0 aromatic rings. The van der Waals surface area contributed by atoms with Gasteiger partial charge in [0.15, 0.2) is 6.10 Å². The quantitative estimate of drug-likeness (QED) is 0.0262. The minimum atomic E-state index is -0.829. The first-order valence-corrected chi connectivity index (χ1v) is 28.0. The minimum absolute atomic E-state index is 0.121. The van der Waals surface area contributed by atoms with E-state index in [4.69, 9.17) is 14.2 Å². The Morgan fingerprint density at radius 3 is 0.915 bits per heavy atom. The van der Waals surface area contributed by atoms with E-state index in [1.54, 1.807) is 0 Å². The van der Waals surface area contributed by atoms with Gasteiger partial charge in [0.25, 0.3) is 0 Å². The van der Waals surface area contributed by atoms with E-state index in [1.807, 2.05) is 0 Å². The van der Waals surface area contributed by atoms with Crippen molar-refractivity contribution in [2.45, 2.75) is 219 Å². The third kappa shape index (κ3) is 55.8. The Kier molecular flexibility index (Phi) is 53.6. The van der Waals surface area contributed by atoms with Gasteiger partial charge in [0.1, 0.15) is 13.2 Å². The van der Waals surface area contributed by atoms with E-state index >= 15 is 0 Å². The number of allylic oxidation sites excluding steroid dienone is 26. The second kappa shape index (κ2) is 57.6. The highest BCUT2D eigenvalue weighted by atomic mass is 16.6. The highest BCUT2D eigenvalue weighted by molar-refractivity contribution is 5.71. The molecular formula is C65H100O6. The van der Waals surface area contributed by atoms with Gasteiger partial charge in [-0.05, 0) is 135 Å². The molecule has 71 heavy (non-hydrogen) atoms. The third-order valence-electron chi connectivity index (χ3n) is 11.0. The van der Waals surface area contributed by atoms with E-state index in [-0.39, 0.29) is 44.0 Å². The predicted molar refractivity (Wildman–Crippen MR) is 306 cm³/mol. The Morgan fingerprint density at radius 2 is 0.563 bits per heavy atom. The van der Waals surface area contributed by atoms with Crippen LogP contribution in [0.3, 0.4) is 0 Å². The number of unbranched alkanes of at least 4 members (excludes halogenated alkanes) is 11. The number of hydrogen-bond acceptors (Lipinski definition) is 6. The molecule has 0 aromatic carbocycles. The van der Waals surface area contributed by atoms with Crippen molar-refractivity contribution in [3.8, 4) is 0 Å². The second-order valence-electron chi connectivity index (χ2n) is 17.7. The maximum atomic E-state index is 12.8. The van der Waals surface area contributed by atoms with Crippen LogP contribution in [0, 0.1) is 0 Å². The number of rotatable bonds is 48. The van der Waals surface area contributed by atoms with Crippen LogP contribution in [0.4, 0.5) is 0 Å². The topological polar surface area (TPSA) is 78.9 Å². The summed E-state index contributed by atoms with van der Waals surface area (Å²) >= 11 is 0. The van der Waals surface area contributed by atoms with Gasteiger partial charge in [-0.2, -0.15) is 0 Å². The number of hydrogen-bond donors (Lipinski definition) is 0. The van der Waals surface area contributed by atoms with Gasteiger partial charge < -0.3 is 14.2 Å². The van der Waals surface area contributed by atoms with Crippen LogP contribution in [0.15, 0.2) is 158 Å². The molecule has 0 amide bonds. The lowest BCUT2D eigenvalue weighted by atomic mass is 10.1. The molecule has 0 aliphatic carbocycles. The van der Waals surface area contributed by atoms with Crippen LogP contribution in [-0.4, -0.2) is 37.2 Å². The Bertz CT molecular complexity index is 1640. The fourth-order valence-corrected chi connectivity index (χ4v) is 6.87. The zero-order valence-electron chi connectivity index (χ0n) is 45.2. The molecular weight excluding hydrogens is 877 g/mol. The van der Waals surface area contributed by atoms with Crippen LogP contribution in [0.1, 0.15) is 213 Å². The molecule has 1 unspecified atom stereocenters. The molecule has 0 N–H and O–H groups in total. The summed E-state index contributed by atoms with van der Waals surface area (Å²) < 4.78 is 16.8. The average molecular weight is 978 g/mol. The highest BCUT2D eigenvalue weighted by Crippen LogP contribution is 2.12. The first kappa shape index (κ1) is 66.0. The van der Waals surface area contributed by atoms with Crippen molar-refractivity contribution >= 4 is 17.9 Å². The average Bonchev–Trinajstić information content (AvgIpc) is 3.37. The summed E-state index contributed by atoms with van der Waals surface area (Å²) in [4.78, 5) is 38.1. The smallest absolute Gasteiger partial charge is 0.306 e. The number of carbonyl (C=O) groups excluding carboxylic acids is 3. The third-order valence-corrected chi connectivity index (χ3v) is 11.0. The van der Waals surface area contributed by atoms with Crippen molar-refractivity contribution in [1.82, 2.24) is 0 Å². The standard InChI is InChI=1S/C65H100O6/c1-4-7-10-13-16-19-22-25-27-29-30-31-32-33-34-36-37-40-43-46-49-52-55-58-64(67)70-61-62(60-69-63(66)57-54-51-48-45-42-39-24-21-18-15-12-9-6-3)71-65(68)59-56-53-50-47-44-41-38-35-28-26-23-20-17-14-11-8-5-2/h7-8,10-12,15-17,19-21,24-28,30-31,33-34,37-38,40-41,46,49,62H,4-6,9,13-14,18,22-23,29,32,35-36,39,42-45,47-48,50-61H2,1-3H3/b10-7-,11-8-,15-12-,19-16-,20-17-,24-21-,27-25-,28-26-,31-30-,34-33-,40-37-,41-38-,49-46-. The summed E-state index contributed by atoms with van der Waals surface area (Å²) in [6, 6.07) is 0. The van der Waals surface area contributed by atoms with Crippen LogP contribution >= 0.6 is 0 Å². The second-order valence-corrected chi connectivity index (χ2v) is 17.7. The summed E-state index contributed by atoms with van der Waals surface area (Å²) in [5.41, 5.74) is 0. The highest BCUT2D eigenvalue weighted by Gasteiger charge is 2.19. The molecule has 0 heterocycles. The fraction of sp³-hybridized carbons (Fsp3) is 0.554. The number of esters is 3. The zero-order chi connectivity index (χ0) is 51.4. The van der Waals surface area contributed by atoms with E-state index in [2.05, 4.69) is 179 Å². The molecule has 0 rings (SSSR count). The number of ether oxygens (including phenoxy) is 3. The van der Waals surface area contributed by atoms with Gasteiger partial charge in [0.2, 0.25) is 0 Å². The molecule has 0 fully saturated rings. The lowest BCUT2D eigenvalue weighted by Gasteiger charge is -2.18. The van der Waals surface area contributed by atoms with Crippen LogP contribution in [0.2, 0.25) is 0 Å². The van der Waals surface area contributed by atoms with Crippen molar-refractivity contribution in [1.29, 1.82) is 0 Å². The number of carbonyl (C=O) groups is 3. The van der Waals surface area contributed by atoms with Gasteiger partial charge in [-0.15, -0.1) is 0 Å². The summed E-state index contributed by atoms with van der Waals surface area (Å²) in [5, 5.41) is 0. The lowest BCUT2D eigenvalue weighted by Crippen LogP contribution is -2.30. The van der Waals surface area contributed by atoms with E-state index in [0.29, 0.717) is 12.8 Å². The monoisotopic (exact) mass is 977 g/mol. The predicted octanol–water partition coefficient (Wildman–Crippen LogP) is 19.0. The summed E-state index contributed by atoms with van der Waals surface area (Å²) in [6.45, 7) is 6.24. The van der Waals surface area contributed by atoms with Gasteiger partial charge in [-0.3, -0.25) is 14.4 Å². The maximum absolute atomic E-state index is 12.8. The Balaban J connectivity index is 4.56. The van der Waals surface area contributed by atoms with Crippen molar-refractivity contribution in [3.63, 3.8) is 0 Å². The van der Waals surface area contributed by atoms with Crippen LogP contribution < -0.4 is 0 Å². The molecule has 0 aromatic heterocycles. The van der Waals surface area contributed by atoms with Crippen LogP contribution in [0.25, 0.3) is 0 Å². The first-order valence-electron chi connectivity index (χ1n) is 28.0. The summed E-state index contributed by atoms with van der Waals surface area (Å²) in [6.07, 6.45) is 83.8. The van der Waals surface area contributed by atoms with Gasteiger partial charge in [0, 0.05) is 19.3 Å². The molecule has 0 saturated heterocycles. The van der Waals surface area contributed by atoms with E-state index in [1.165, 1.54) is 6.42 Å². The lowest BCUT2D eigenvalue weighted by molar-refractivity contribution is -0.167. The Labute approximate surface area is 435 Å². The summed E-state index contributed by atoms with van der Waals surface area (Å²) in [5.74, 6) is -1.03. The van der Waals surface area contributed by atoms with Crippen molar-refractivity contribution in [2.24, 2.45) is 0 Å². The van der Waals surface area contributed by atoms with Crippen molar-refractivity contribution in [2.75, 3.05) is 13.2 Å². The first-order chi connectivity index (χ1) is 35.0. The van der Waals surface area contributed by atoms with Crippen LogP contribution in [0.5, 0.6) is 0 Å². The van der Waals surface area contributed by atoms with Crippen molar-refractivity contribution < 1.29 is 28.6 Å². The van der Waals surface area contributed by atoms with E-state index in [0.717, 1.165) is 161 Å². The minimum Gasteiger partial charge on any atom is -0.462 e. The molecule has 0 aliphatic heterocycles. The van der Waals surface area contributed by atoms with Gasteiger partial charge in [-0.25, -0.2) is 0 Å². The normalized spacial score (nSPS) is 13.3. The molecule has 0 saturated carbocycles. The van der Waals surface area contributed by atoms with Crippen LogP contribution in [-0.2, 0) is 28.6 Å². The molecule has 0 bridgehead atoms. The van der Waals surface area contributed by atoms with E-state index in [9.17, 15) is 14.4 Å². The Morgan fingerprint density at radius 1 is 0.296 bits per heavy atom. The van der Waals surface area contributed by atoms with Gasteiger partial charge >= 0.3 is 17.9 Å². The molecule has 0 aliphatic rings. The van der Waals surface area contributed by atoms with Gasteiger partial charge in [-0.1, -0.05) is 217 Å². The molecule has 1 atom stereocenters. The Hall–Kier alpha value is -4.97. The molecule has 396 valence electrons. The molecule has 6 heteroatoms. The van der Waals surface area contributed by atoms with Gasteiger partial charge in [0.05, 0.1) is 0 Å². The fourth-order valence-electron chi connectivity index (χ4n) is 6.87. The zero-order valence-corrected chi connectivity index (χ0v) is 45.2. The molecule has 6 nitrogen and oxygen atoms in total. The van der Waals surface area contributed by atoms with E-state index < -0.39 is 6.10 Å². The summed E-state index contributed by atoms with van der Waals surface area (Å²) in [7, 11) is 0. The van der Waals surface area contributed by atoms with Crippen molar-refractivity contribution in [3.05, 3.63) is 158 Å². The molecule has 0 spiro atoms. The maximum Gasteiger partial charge on any atom is 0.306 e. The molecule has 0 radical (unpaired) electrons. The largest absolute Gasteiger partial charge is 0.462 e.